The number of hydrogen-bond donors (Lipinski definition) is 1. The van der Waals surface area contributed by atoms with Gasteiger partial charge in [-0.3, -0.25) is 0 Å². The molecule has 2 aromatic rings. The molecule has 3 heteroatoms. The van der Waals surface area contributed by atoms with E-state index >= 15 is 0 Å². The summed E-state index contributed by atoms with van der Waals surface area (Å²) in [5.41, 5.74) is 7.60. The third-order valence-electron chi connectivity index (χ3n) is 3.16. The second-order valence-corrected chi connectivity index (χ2v) is 4.77. The van der Waals surface area contributed by atoms with Gasteiger partial charge in [-0.05, 0) is 60.7 Å². The van der Waals surface area contributed by atoms with Crippen LogP contribution in [0, 0.1) is 17.6 Å². The van der Waals surface area contributed by atoms with E-state index in [9.17, 15) is 8.78 Å². The van der Waals surface area contributed by atoms with Crippen molar-refractivity contribution < 1.29 is 8.78 Å². The molecule has 0 radical (unpaired) electrons. The molecule has 2 N–H and O–H groups in total. The molecule has 0 bridgehead atoms. The van der Waals surface area contributed by atoms with E-state index in [4.69, 9.17) is 5.73 Å². The van der Waals surface area contributed by atoms with Gasteiger partial charge in [-0.2, -0.15) is 0 Å². The number of benzene rings is 2. The Kier molecular flexibility index (Phi) is 4.63. The maximum Gasteiger partial charge on any atom is 0.123 e. The van der Waals surface area contributed by atoms with Crippen molar-refractivity contribution in [2.24, 2.45) is 11.7 Å². The van der Waals surface area contributed by atoms with Crippen LogP contribution >= 0.6 is 0 Å². The molecule has 0 heterocycles. The molecule has 0 aliphatic carbocycles. The third kappa shape index (κ3) is 4.14. The predicted octanol–water partition coefficient (Wildman–Crippen LogP) is 3.32. The normalized spacial score (nSPS) is 10.9. The van der Waals surface area contributed by atoms with Crippen LogP contribution in [-0.2, 0) is 12.8 Å². The van der Waals surface area contributed by atoms with Crippen LogP contribution < -0.4 is 5.73 Å². The Morgan fingerprint density at radius 2 is 1.32 bits per heavy atom. The van der Waals surface area contributed by atoms with Crippen LogP contribution in [0.3, 0.4) is 0 Å². The Hall–Kier alpha value is -1.74. The molecular formula is C16H17F2N. The monoisotopic (exact) mass is 261 g/mol. The van der Waals surface area contributed by atoms with Crippen molar-refractivity contribution in [1.29, 1.82) is 0 Å². The first-order chi connectivity index (χ1) is 9.17. The first-order valence-electron chi connectivity index (χ1n) is 6.36. The molecule has 2 aromatic carbocycles. The highest BCUT2D eigenvalue weighted by atomic mass is 19.1. The summed E-state index contributed by atoms with van der Waals surface area (Å²) in [5.74, 6) is -0.290. The summed E-state index contributed by atoms with van der Waals surface area (Å²) in [7, 11) is 0. The molecular weight excluding hydrogens is 244 g/mol. The summed E-state index contributed by atoms with van der Waals surface area (Å²) in [5, 5.41) is 0. The van der Waals surface area contributed by atoms with Crippen molar-refractivity contribution in [1.82, 2.24) is 0 Å². The van der Waals surface area contributed by atoms with E-state index in [2.05, 4.69) is 0 Å². The maximum atomic E-state index is 13.1. The molecule has 19 heavy (non-hydrogen) atoms. The minimum absolute atomic E-state index is 0.184. The number of hydrogen-bond acceptors (Lipinski definition) is 1. The predicted molar refractivity (Wildman–Crippen MR) is 72.8 cm³/mol. The topological polar surface area (TPSA) is 26.0 Å². The van der Waals surface area contributed by atoms with Crippen molar-refractivity contribution >= 4 is 0 Å². The first kappa shape index (κ1) is 13.7. The summed E-state index contributed by atoms with van der Waals surface area (Å²) in [6, 6.07) is 13.1. The van der Waals surface area contributed by atoms with Crippen LogP contribution in [-0.4, -0.2) is 6.54 Å². The lowest BCUT2D eigenvalue weighted by atomic mass is 9.92. The van der Waals surface area contributed by atoms with E-state index in [0.29, 0.717) is 19.4 Å². The van der Waals surface area contributed by atoms with E-state index < -0.39 is 0 Å². The minimum Gasteiger partial charge on any atom is -0.330 e. The minimum atomic E-state index is -0.237. The second-order valence-electron chi connectivity index (χ2n) is 4.77. The van der Waals surface area contributed by atoms with Gasteiger partial charge in [0.25, 0.3) is 0 Å². The lowest BCUT2D eigenvalue weighted by Gasteiger charge is -2.15. The van der Waals surface area contributed by atoms with Crippen molar-refractivity contribution in [3.05, 3.63) is 71.3 Å². The molecule has 0 unspecified atom stereocenters. The first-order valence-corrected chi connectivity index (χ1v) is 6.36. The Labute approximate surface area is 112 Å². The van der Waals surface area contributed by atoms with E-state index in [0.717, 1.165) is 11.1 Å². The Balaban J connectivity index is 2.04. The average molecular weight is 261 g/mol. The Morgan fingerprint density at radius 3 is 1.68 bits per heavy atom. The molecule has 0 spiro atoms. The smallest absolute Gasteiger partial charge is 0.123 e. The fraction of sp³-hybridized carbons (Fsp3) is 0.250. The zero-order valence-electron chi connectivity index (χ0n) is 10.7. The quantitative estimate of drug-likeness (QED) is 0.877. The standard InChI is InChI=1S/C16H17F2N/c17-15-5-1-3-12(9-15)7-14(11-19)8-13-4-2-6-16(18)10-13/h1-6,9-10,14H,7-8,11,19H2. The molecule has 0 saturated heterocycles. The number of nitrogens with two attached hydrogens (primary N) is 1. The SMILES string of the molecule is NCC(Cc1cccc(F)c1)Cc1cccc(F)c1. The van der Waals surface area contributed by atoms with E-state index in [1.165, 1.54) is 24.3 Å². The van der Waals surface area contributed by atoms with Crippen molar-refractivity contribution in [3.63, 3.8) is 0 Å². The highest BCUT2D eigenvalue weighted by Gasteiger charge is 2.10. The average Bonchev–Trinajstić information content (AvgIpc) is 2.38. The van der Waals surface area contributed by atoms with Gasteiger partial charge in [0.05, 0.1) is 0 Å². The van der Waals surface area contributed by atoms with Gasteiger partial charge in [-0.1, -0.05) is 24.3 Å². The van der Waals surface area contributed by atoms with Crippen LogP contribution in [0.15, 0.2) is 48.5 Å². The summed E-state index contributed by atoms with van der Waals surface area (Å²) in [4.78, 5) is 0. The molecule has 0 aliphatic rings. The summed E-state index contributed by atoms with van der Waals surface area (Å²) >= 11 is 0. The molecule has 0 fully saturated rings. The van der Waals surface area contributed by atoms with Crippen molar-refractivity contribution in [2.75, 3.05) is 6.54 Å². The van der Waals surface area contributed by atoms with Crippen LogP contribution in [0.25, 0.3) is 0 Å². The molecule has 2 rings (SSSR count). The molecule has 0 aromatic heterocycles. The summed E-state index contributed by atoms with van der Waals surface area (Å²) in [6.07, 6.45) is 1.40. The molecule has 0 atom stereocenters. The van der Waals surface area contributed by atoms with Gasteiger partial charge in [0.2, 0.25) is 0 Å². The molecule has 1 nitrogen and oxygen atoms in total. The zero-order chi connectivity index (χ0) is 13.7. The van der Waals surface area contributed by atoms with Gasteiger partial charge in [0, 0.05) is 0 Å². The Morgan fingerprint density at radius 1 is 0.842 bits per heavy atom. The lowest BCUT2D eigenvalue weighted by molar-refractivity contribution is 0.527. The third-order valence-corrected chi connectivity index (χ3v) is 3.16. The van der Waals surface area contributed by atoms with E-state index in [1.54, 1.807) is 12.1 Å². The maximum absolute atomic E-state index is 13.1. The van der Waals surface area contributed by atoms with Crippen LogP contribution in [0.2, 0.25) is 0 Å². The number of halogens is 2. The van der Waals surface area contributed by atoms with Gasteiger partial charge >= 0.3 is 0 Å². The number of rotatable bonds is 5. The van der Waals surface area contributed by atoms with Gasteiger partial charge in [-0.15, -0.1) is 0 Å². The largest absolute Gasteiger partial charge is 0.330 e. The second kappa shape index (κ2) is 6.43. The van der Waals surface area contributed by atoms with Crippen LogP contribution in [0.1, 0.15) is 11.1 Å². The van der Waals surface area contributed by atoms with Gasteiger partial charge in [-0.25, -0.2) is 8.78 Å². The zero-order valence-corrected chi connectivity index (χ0v) is 10.7. The highest BCUT2D eigenvalue weighted by Crippen LogP contribution is 2.15. The summed E-state index contributed by atoms with van der Waals surface area (Å²) in [6.45, 7) is 0.493. The fourth-order valence-corrected chi connectivity index (χ4v) is 2.23. The highest BCUT2D eigenvalue weighted by molar-refractivity contribution is 5.20. The van der Waals surface area contributed by atoms with Gasteiger partial charge in [0.15, 0.2) is 0 Å². The van der Waals surface area contributed by atoms with Gasteiger partial charge < -0.3 is 5.73 Å². The fourth-order valence-electron chi connectivity index (χ4n) is 2.23. The van der Waals surface area contributed by atoms with Crippen LogP contribution in [0.5, 0.6) is 0 Å². The summed E-state index contributed by atoms with van der Waals surface area (Å²) < 4.78 is 26.2. The lowest BCUT2D eigenvalue weighted by Crippen LogP contribution is -2.19. The van der Waals surface area contributed by atoms with Gasteiger partial charge in [0.1, 0.15) is 11.6 Å². The van der Waals surface area contributed by atoms with Crippen molar-refractivity contribution in [3.8, 4) is 0 Å². The Bertz CT molecular complexity index is 492. The van der Waals surface area contributed by atoms with Crippen molar-refractivity contribution in [2.45, 2.75) is 12.8 Å². The molecule has 100 valence electrons. The molecule has 0 amide bonds. The van der Waals surface area contributed by atoms with Crippen LogP contribution in [0.4, 0.5) is 8.78 Å². The van der Waals surface area contributed by atoms with E-state index in [-0.39, 0.29) is 17.6 Å². The molecule has 0 saturated carbocycles. The van der Waals surface area contributed by atoms with E-state index in [1.807, 2.05) is 12.1 Å². The molecule has 0 aliphatic heterocycles.